The number of ether oxygens (including phenoxy) is 1. The molecular formula is C26H25N5O4S2. The molecule has 9 nitrogen and oxygen atoms in total. The van der Waals surface area contributed by atoms with E-state index in [1.54, 1.807) is 36.5 Å². The molecular weight excluding hydrogens is 510 g/mol. The molecule has 0 spiro atoms. The Balaban J connectivity index is 1.64. The summed E-state index contributed by atoms with van der Waals surface area (Å²) in [6.07, 6.45) is 4.79. The number of nitrogens with zero attached hydrogens (tertiary/aromatic N) is 3. The van der Waals surface area contributed by atoms with Crippen LogP contribution in [0.3, 0.4) is 0 Å². The number of pyridine rings is 1. The first-order valence-electron chi connectivity index (χ1n) is 11.4. The Morgan fingerprint density at radius 2 is 1.81 bits per heavy atom. The summed E-state index contributed by atoms with van der Waals surface area (Å²) in [6, 6.07) is 21.3. The van der Waals surface area contributed by atoms with E-state index in [0.717, 1.165) is 29.0 Å². The Labute approximate surface area is 220 Å². The van der Waals surface area contributed by atoms with Crippen LogP contribution >= 0.6 is 12.2 Å². The van der Waals surface area contributed by atoms with Gasteiger partial charge in [-0.1, -0.05) is 6.07 Å². The Kier molecular flexibility index (Phi) is 6.48. The Morgan fingerprint density at radius 1 is 1.05 bits per heavy atom. The van der Waals surface area contributed by atoms with Crippen molar-refractivity contribution in [1.82, 2.24) is 14.9 Å². The lowest BCUT2D eigenvalue weighted by molar-refractivity contribution is 0.417. The molecule has 0 bridgehead atoms. The second kappa shape index (κ2) is 9.75. The van der Waals surface area contributed by atoms with Crippen molar-refractivity contribution in [2.24, 2.45) is 0 Å². The Morgan fingerprint density at radius 3 is 2.49 bits per heavy atom. The van der Waals surface area contributed by atoms with Gasteiger partial charge in [0.15, 0.2) is 5.11 Å². The van der Waals surface area contributed by atoms with E-state index in [-0.39, 0.29) is 17.8 Å². The summed E-state index contributed by atoms with van der Waals surface area (Å²) in [4.78, 5) is 6.57. The normalized spacial score (nSPS) is 17.5. The molecule has 4 aromatic rings. The van der Waals surface area contributed by atoms with Crippen LogP contribution in [-0.2, 0) is 10.0 Å². The van der Waals surface area contributed by atoms with Gasteiger partial charge in [-0.05, 0) is 72.9 Å². The van der Waals surface area contributed by atoms with Gasteiger partial charge in [0.25, 0.3) is 0 Å². The smallest absolute Gasteiger partial charge is 0.229 e. The van der Waals surface area contributed by atoms with E-state index in [4.69, 9.17) is 17.0 Å². The number of benzene rings is 2. The topological polar surface area (TPSA) is 109 Å². The van der Waals surface area contributed by atoms with Gasteiger partial charge in [0, 0.05) is 35.5 Å². The fraction of sp³-hybridized carbons (Fsp3) is 0.154. The molecule has 0 unspecified atom stereocenters. The number of nitrogens with one attached hydrogen (secondary N) is 2. The minimum absolute atomic E-state index is 0.184. The highest BCUT2D eigenvalue weighted by atomic mass is 32.2. The van der Waals surface area contributed by atoms with E-state index in [2.05, 4.69) is 15.0 Å². The SMILES string of the molecule is COc1cc(N2C(=S)N[C@@H](c3ccccn3)[C@@H]2c2cccn2-c2ccc(O)cc2)ccc1NS(C)(=O)=O. The number of methoxy groups -OCH3 is 1. The number of aromatic hydroxyl groups is 1. The lowest BCUT2D eigenvalue weighted by Crippen LogP contribution is -2.30. The van der Waals surface area contributed by atoms with Crippen LogP contribution in [0.4, 0.5) is 11.4 Å². The predicted octanol–water partition coefficient (Wildman–Crippen LogP) is 4.14. The highest BCUT2D eigenvalue weighted by Gasteiger charge is 2.42. The fourth-order valence-electron chi connectivity index (χ4n) is 4.53. The molecule has 5 rings (SSSR count). The van der Waals surface area contributed by atoms with Crippen molar-refractivity contribution < 1.29 is 18.3 Å². The monoisotopic (exact) mass is 535 g/mol. The molecule has 0 radical (unpaired) electrons. The van der Waals surface area contributed by atoms with E-state index in [0.29, 0.717) is 16.5 Å². The van der Waals surface area contributed by atoms with E-state index >= 15 is 0 Å². The molecule has 3 N–H and O–H groups in total. The number of anilines is 2. The molecule has 1 saturated heterocycles. The van der Waals surface area contributed by atoms with Gasteiger partial charge in [0.05, 0.1) is 30.8 Å². The van der Waals surface area contributed by atoms with Crippen LogP contribution in [0.5, 0.6) is 11.5 Å². The van der Waals surface area contributed by atoms with Gasteiger partial charge in [-0.25, -0.2) is 8.42 Å². The number of phenolic OH excluding ortho intramolecular Hbond substituents is 1. The number of phenols is 1. The third-order valence-corrected chi connectivity index (χ3v) is 6.97. The van der Waals surface area contributed by atoms with Crippen molar-refractivity contribution in [1.29, 1.82) is 0 Å². The lowest BCUT2D eigenvalue weighted by Gasteiger charge is -2.29. The van der Waals surface area contributed by atoms with Crippen LogP contribution in [0.2, 0.25) is 0 Å². The van der Waals surface area contributed by atoms with Gasteiger partial charge >= 0.3 is 0 Å². The second-order valence-electron chi connectivity index (χ2n) is 8.57. The maximum atomic E-state index is 11.8. The predicted molar refractivity (Wildman–Crippen MR) is 147 cm³/mol. The summed E-state index contributed by atoms with van der Waals surface area (Å²) in [7, 11) is -2.01. The van der Waals surface area contributed by atoms with Crippen LogP contribution < -0.4 is 19.7 Å². The average molecular weight is 536 g/mol. The molecule has 1 fully saturated rings. The van der Waals surface area contributed by atoms with Gasteiger partial charge < -0.3 is 24.6 Å². The van der Waals surface area contributed by atoms with E-state index in [9.17, 15) is 13.5 Å². The summed E-state index contributed by atoms with van der Waals surface area (Å²) in [5.41, 5.74) is 3.68. The number of hydrogen-bond acceptors (Lipinski definition) is 6. The average Bonchev–Trinajstić information content (AvgIpc) is 3.49. The number of rotatable bonds is 7. The van der Waals surface area contributed by atoms with Gasteiger partial charge in [-0.3, -0.25) is 9.71 Å². The molecule has 0 saturated carbocycles. The zero-order valence-corrected chi connectivity index (χ0v) is 21.7. The molecule has 2 atom stereocenters. The second-order valence-corrected chi connectivity index (χ2v) is 10.7. The minimum Gasteiger partial charge on any atom is -0.508 e. The van der Waals surface area contributed by atoms with Gasteiger partial charge in [0.2, 0.25) is 10.0 Å². The summed E-state index contributed by atoms with van der Waals surface area (Å²) < 4.78 is 33.7. The molecule has 0 amide bonds. The maximum Gasteiger partial charge on any atom is 0.229 e. The molecule has 0 aliphatic carbocycles. The first kappa shape index (κ1) is 24.6. The Bertz CT molecular complexity index is 1540. The van der Waals surface area contributed by atoms with Crippen LogP contribution in [0.25, 0.3) is 5.69 Å². The summed E-state index contributed by atoms with van der Waals surface area (Å²) in [5.74, 6) is 0.545. The molecule has 11 heteroatoms. The first-order valence-corrected chi connectivity index (χ1v) is 13.7. The van der Waals surface area contributed by atoms with Crippen molar-refractivity contribution in [2.75, 3.05) is 23.0 Å². The zero-order chi connectivity index (χ0) is 26.2. The highest BCUT2D eigenvalue weighted by Crippen LogP contribution is 2.44. The standard InChI is InChI=1S/C26H25N5O4S2/c1-35-23-16-18(10-13-20(23)29-37(2,33)34)31-25(24(28-26(31)36)21-6-3-4-14-27-21)22-7-5-15-30(22)17-8-11-19(32)12-9-17/h3-16,24-25,29,32H,1-2H3,(H,28,36)/t24-,25-/m0/s1. The van der Waals surface area contributed by atoms with Crippen molar-refractivity contribution in [3.63, 3.8) is 0 Å². The maximum absolute atomic E-state index is 11.8. The molecule has 190 valence electrons. The van der Waals surface area contributed by atoms with Crippen LogP contribution in [0.1, 0.15) is 23.5 Å². The van der Waals surface area contributed by atoms with Gasteiger partial charge in [0.1, 0.15) is 17.5 Å². The van der Waals surface area contributed by atoms with Gasteiger partial charge in [-0.2, -0.15) is 0 Å². The molecule has 2 aromatic heterocycles. The van der Waals surface area contributed by atoms with Crippen molar-refractivity contribution >= 4 is 38.7 Å². The highest BCUT2D eigenvalue weighted by molar-refractivity contribution is 7.92. The van der Waals surface area contributed by atoms with Crippen LogP contribution in [0.15, 0.2) is 85.2 Å². The van der Waals surface area contributed by atoms with Gasteiger partial charge in [-0.15, -0.1) is 0 Å². The first-order chi connectivity index (χ1) is 17.7. The zero-order valence-electron chi connectivity index (χ0n) is 20.1. The molecule has 2 aromatic carbocycles. The summed E-state index contributed by atoms with van der Waals surface area (Å²) in [5, 5.41) is 13.7. The number of thiocarbonyl (C=S) groups is 1. The van der Waals surface area contributed by atoms with E-state index < -0.39 is 10.0 Å². The molecule has 1 aliphatic heterocycles. The number of hydrogen-bond donors (Lipinski definition) is 3. The minimum atomic E-state index is -3.49. The van der Waals surface area contributed by atoms with Crippen molar-refractivity contribution in [3.8, 4) is 17.2 Å². The quantitative estimate of drug-likeness (QED) is 0.303. The summed E-state index contributed by atoms with van der Waals surface area (Å²) in [6.45, 7) is 0. The third kappa shape index (κ3) is 4.95. The molecule has 3 heterocycles. The molecule has 37 heavy (non-hydrogen) atoms. The van der Waals surface area contributed by atoms with E-state index in [1.165, 1.54) is 7.11 Å². The number of sulfonamides is 1. The van der Waals surface area contributed by atoms with Crippen molar-refractivity contribution in [3.05, 3.63) is 96.6 Å². The summed E-state index contributed by atoms with van der Waals surface area (Å²) >= 11 is 5.82. The number of aromatic nitrogens is 2. The third-order valence-electron chi connectivity index (χ3n) is 6.07. The lowest BCUT2D eigenvalue weighted by atomic mass is 10.0. The van der Waals surface area contributed by atoms with Crippen LogP contribution in [0, 0.1) is 0 Å². The van der Waals surface area contributed by atoms with Crippen LogP contribution in [-0.4, -0.2) is 41.6 Å². The largest absolute Gasteiger partial charge is 0.508 e. The fourth-order valence-corrected chi connectivity index (χ4v) is 5.44. The van der Waals surface area contributed by atoms with Crippen molar-refractivity contribution in [2.45, 2.75) is 12.1 Å². The van der Waals surface area contributed by atoms with E-state index in [1.807, 2.05) is 58.1 Å². The Hall–Kier alpha value is -4.09. The molecule has 1 aliphatic rings.